The SMILES string of the molecule is Cn1c2ccncc2c2ccc(-c3ccc(O[C@H]4C[C@H](N(C)C5CC6(C5)CN(C(=O)OC(C)(C)C)C6)C4)cc3)cc21. The summed E-state index contributed by atoms with van der Waals surface area (Å²) in [5, 5.41) is 2.42. The number of aryl methyl sites for hydroxylation is 1. The zero-order valence-corrected chi connectivity index (χ0v) is 24.8. The van der Waals surface area contributed by atoms with E-state index in [9.17, 15) is 4.79 Å². The van der Waals surface area contributed by atoms with Gasteiger partial charge < -0.3 is 23.8 Å². The maximum absolute atomic E-state index is 12.3. The molecule has 2 aromatic heterocycles. The van der Waals surface area contributed by atoms with E-state index in [4.69, 9.17) is 9.47 Å². The van der Waals surface area contributed by atoms with Gasteiger partial charge in [0, 0.05) is 79.2 Å². The number of nitrogens with zero attached hydrogens (tertiary/aromatic N) is 4. The van der Waals surface area contributed by atoms with Gasteiger partial charge in [-0.2, -0.15) is 0 Å². The van der Waals surface area contributed by atoms with Gasteiger partial charge in [-0.3, -0.25) is 4.98 Å². The Morgan fingerprint density at radius 3 is 2.37 bits per heavy atom. The lowest BCUT2D eigenvalue weighted by Crippen LogP contribution is -2.69. The lowest BCUT2D eigenvalue weighted by molar-refractivity contribution is -0.121. The molecule has 1 amide bonds. The van der Waals surface area contributed by atoms with E-state index in [1.165, 1.54) is 45.8 Å². The fraction of sp³-hybridized carbons (Fsp3) is 0.471. The van der Waals surface area contributed by atoms with Gasteiger partial charge in [-0.1, -0.05) is 24.3 Å². The molecule has 2 aliphatic carbocycles. The first-order valence-corrected chi connectivity index (χ1v) is 14.9. The average molecular weight is 553 g/mol. The lowest BCUT2D eigenvalue weighted by atomic mass is 9.60. The van der Waals surface area contributed by atoms with Crippen molar-refractivity contribution in [2.75, 3.05) is 20.1 Å². The molecule has 0 radical (unpaired) electrons. The van der Waals surface area contributed by atoms with Crippen molar-refractivity contribution < 1.29 is 14.3 Å². The van der Waals surface area contributed by atoms with Gasteiger partial charge >= 0.3 is 6.09 Å². The number of hydrogen-bond donors (Lipinski definition) is 0. The molecular formula is C34H40N4O3. The molecule has 1 saturated heterocycles. The number of benzene rings is 2. The number of amides is 1. The van der Waals surface area contributed by atoms with E-state index in [1.807, 2.05) is 38.1 Å². The predicted molar refractivity (Wildman–Crippen MR) is 162 cm³/mol. The Kier molecular flexibility index (Phi) is 6.09. The molecule has 2 aromatic carbocycles. The smallest absolute Gasteiger partial charge is 0.410 e. The number of hydrogen-bond acceptors (Lipinski definition) is 5. The first-order valence-electron chi connectivity index (χ1n) is 14.9. The van der Waals surface area contributed by atoms with Crippen LogP contribution in [0.25, 0.3) is 32.9 Å². The first kappa shape index (κ1) is 26.3. The summed E-state index contributed by atoms with van der Waals surface area (Å²) in [5.74, 6) is 0.941. The fourth-order valence-electron chi connectivity index (χ4n) is 7.12. The molecule has 1 aliphatic heterocycles. The van der Waals surface area contributed by atoms with E-state index in [0.717, 1.165) is 31.7 Å². The average Bonchev–Trinajstić information content (AvgIpc) is 3.15. The Bertz CT molecular complexity index is 1600. The van der Waals surface area contributed by atoms with Gasteiger partial charge in [0.15, 0.2) is 0 Å². The molecular weight excluding hydrogens is 512 g/mol. The molecule has 0 atom stereocenters. The second kappa shape index (κ2) is 9.48. The molecule has 214 valence electrons. The van der Waals surface area contributed by atoms with Crippen LogP contribution < -0.4 is 4.74 Å². The van der Waals surface area contributed by atoms with Crippen LogP contribution in [0, 0.1) is 5.41 Å². The van der Waals surface area contributed by atoms with Gasteiger partial charge in [0.1, 0.15) is 17.5 Å². The van der Waals surface area contributed by atoms with Gasteiger partial charge in [-0.25, -0.2) is 4.79 Å². The minimum absolute atomic E-state index is 0.171. The molecule has 2 saturated carbocycles. The summed E-state index contributed by atoms with van der Waals surface area (Å²) in [7, 11) is 4.38. The van der Waals surface area contributed by atoms with Crippen molar-refractivity contribution in [2.24, 2.45) is 12.5 Å². The third-order valence-electron chi connectivity index (χ3n) is 9.56. The number of carbonyl (C=O) groups is 1. The van der Waals surface area contributed by atoms with Crippen LogP contribution in [0.15, 0.2) is 60.9 Å². The predicted octanol–water partition coefficient (Wildman–Crippen LogP) is 6.63. The van der Waals surface area contributed by atoms with E-state index >= 15 is 0 Å². The highest BCUT2D eigenvalue weighted by atomic mass is 16.6. The topological polar surface area (TPSA) is 59.8 Å². The number of ether oxygens (including phenoxy) is 2. The van der Waals surface area contributed by atoms with Crippen molar-refractivity contribution in [1.82, 2.24) is 19.4 Å². The van der Waals surface area contributed by atoms with Gasteiger partial charge in [-0.05, 0) is 76.1 Å². The zero-order valence-electron chi connectivity index (χ0n) is 24.8. The maximum atomic E-state index is 12.3. The van der Waals surface area contributed by atoms with Gasteiger partial charge in [0.2, 0.25) is 0 Å². The summed E-state index contributed by atoms with van der Waals surface area (Å²) in [6, 6.07) is 18.4. The van der Waals surface area contributed by atoms with Crippen LogP contribution in [-0.2, 0) is 11.8 Å². The molecule has 0 unspecified atom stereocenters. The van der Waals surface area contributed by atoms with Crippen molar-refractivity contribution >= 4 is 27.9 Å². The van der Waals surface area contributed by atoms with Crippen LogP contribution in [0.3, 0.4) is 0 Å². The van der Waals surface area contributed by atoms with Gasteiger partial charge in [0.05, 0.1) is 5.52 Å². The molecule has 7 heteroatoms. The third kappa shape index (κ3) is 4.74. The summed E-state index contributed by atoms with van der Waals surface area (Å²) < 4.78 is 14.1. The van der Waals surface area contributed by atoms with Crippen LogP contribution in [0.5, 0.6) is 5.75 Å². The third-order valence-corrected chi connectivity index (χ3v) is 9.56. The summed E-state index contributed by atoms with van der Waals surface area (Å²) in [5.41, 5.74) is 4.68. The highest BCUT2D eigenvalue weighted by molar-refractivity contribution is 6.08. The molecule has 3 fully saturated rings. The molecule has 7 rings (SSSR count). The minimum atomic E-state index is -0.432. The molecule has 7 nitrogen and oxygen atoms in total. The summed E-state index contributed by atoms with van der Waals surface area (Å²) >= 11 is 0. The van der Waals surface area contributed by atoms with Crippen LogP contribution in [0.1, 0.15) is 46.5 Å². The van der Waals surface area contributed by atoms with Crippen molar-refractivity contribution in [2.45, 2.75) is 70.2 Å². The standard InChI is InChI=1S/C34H40N4O3/c1-33(2,3)41-32(39)38-20-34(21-38)17-25(18-34)36(4)24-15-27(16-24)40-26-9-6-22(7-10-26)23-8-11-28-29-19-35-13-12-30(29)37(5)31(28)14-23/h6-14,19,24-25,27H,15-18,20-21H2,1-5H3/t24-,27-. The maximum Gasteiger partial charge on any atom is 0.410 e. The highest BCUT2D eigenvalue weighted by Crippen LogP contribution is 2.51. The quantitative estimate of drug-likeness (QED) is 0.278. The van der Waals surface area contributed by atoms with E-state index in [0.29, 0.717) is 17.5 Å². The zero-order chi connectivity index (χ0) is 28.5. The monoisotopic (exact) mass is 552 g/mol. The van der Waals surface area contributed by atoms with Crippen molar-refractivity contribution in [3.63, 3.8) is 0 Å². The highest BCUT2D eigenvalue weighted by Gasteiger charge is 2.56. The van der Waals surface area contributed by atoms with E-state index in [1.54, 1.807) is 0 Å². The van der Waals surface area contributed by atoms with Crippen molar-refractivity contribution in [3.05, 3.63) is 60.9 Å². The molecule has 3 heterocycles. The Hall–Kier alpha value is -3.58. The minimum Gasteiger partial charge on any atom is -0.490 e. The lowest BCUT2D eigenvalue weighted by Gasteiger charge is -2.61. The fourth-order valence-corrected chi connectivity index (χ4v) is 7.12. The Balaban J connectivity index is 0.899. The van der Waals surface area contributed by atoms with Crippen LogP contribution >= 0.6 is 0 Å². The number of rotatable bonds is 5. The summed E-state index contributed by atoms with van der Waals surface area (Å²) in [6.07, 6.45) is 8.39. The Labute approximate surface area is 242 Å². The number of fused-ring (bicyclic) bond motifs is 3. The van der Waals surface area contributed by atoms with Crippen LogP contribution in [-0.4, -0.2) is 69.4 Å². The number of aromatic nitrogens is 2. The molecule has 1 spiro atoms. The van der Waals surface area contributed by atoms with E-state index < -0.39 is 5.60 Å². The molecule has 0 N–H and O–H groups in total. The second-order valence-corrected chi connectivity index (χ2v) is 13.6. The number of carbonyl (C=O) groups excluding carboxylic acids is 1. The molecule has 3 aliphatic rings. The van der Waals surface area contributed by atoms with Crippen LogP contribution in [0.4, 0.5) is 4.79 Å². The Morgan fingerprint density at radius 2 is 1.66 bits per heavy atom. The normalized spacial score (nSPS) is 22.0. The van der Waals surface area contributed by atoms with E-state index in [2.05, 4.69) is 77.1 Å². The van der Waals surface area contributed by atoms with Gasteiger partial charge in [0.25, 0.3) is 0 Å². The first-order chi connectivity index (χ1) is 19.6. The molecule has 0 bridgehead atoms. The Morgan fingerprint density at radius 1 is 0.951 bits per heavy atom. The molecule has 41 heavy (non-hydrogen) atoms. The summed E-state index contributed by atoms with van der Waals surface area (Å²) in [4.78, 5) is 21.0. The largest absolute Gasteiger partial charge is 0.490 e. The number of likely N-dealkylation sites (tertiary alicyclic amines) is 1. The van der Waals surface area contributed by atoms with Crippen molar-refractivity contribution in [1.29, 1.82) is 0 Å². The second-order valence-electron chi connectivity index (χ2n) is 13.6. The number of pyridine rings is 1. The summed E-state index contributed by atoms with van der Waals surface area (Å²) in [6.45, 7) is 7.44. The van der Waals surface area contributed by atoms with Crippen molar-refractivity contribution in [3.8, 4) is 16.9 Å². The molecule has 4 aromatic rings. The van der Waals surface area contributed by atoms with Gasteiger partial charge in [-0.15, -0.1) is 0 Å². The van der Waals surface area contributed by atoms with E-state index in [-0.39, 0.29) is 12.2 Å². The van der Waals surface area contributed by atoms with Crippen LogP contribution in [0.2, 0.25) is 0 Å².